The number of rotatable bonds is 4. The van der Waals surface area contributed by atoms with Crippen LogP contribution in [-0.2, 0) is 6.42 Å². The largest absolute Gasteiger partial charge is 0.497 e. The summed E-state index contributed by atoms with van der Waals surface area (Å²) in [6.07, 6.45) is 0.854. The van der Waals surface area contributed by atoms with Crippen molar-refractivity contribution in [1.82, 2.24) is 10.2 Å². The fourth-order valence-corrected chi connectivity index (χ4v) is 1.39. The van der Waals surface area contributed by atoms with Gasteiger partial charge < -0.3 is 9.15 Å². The van der Waals surface area contributed by atoms with Crippen molar-refractivity contribution >= 4 is 0 Å². The van der Waals surface area contributed by atoms with Crippen LogP contribution < -0.4 is 4.74 Å². The lowest BCUT2D eigenvalue weighted by Gasteiger charge is -1.99. The highest BCUT2D eigenvalue weighted by molar-refractivity contribution is 5.55. The molecule has 2 rings (SSSR count). The third-order valence-corrected chi connectivity index (χ3v) is 2.23. The van der Waals surface area contributed by atoms with E-state index >= 15 is 0 Å². The summed E-state index contributed by atoms with van der Waals surface area (Å²) < 4.78 is 10.6. The van der Waals surface area contributed by atoms with Crippen LogP contribution in [0.5, 0.6) is 5.75 Å². The highest BCUT2D eigenvalue weighted by atomic mass is 16.5. The van der Waals surface area contributed by atoms with Gasteiger partial charge >= 0.3 is 0 Å². The van der Waals surface area contributed by atoms with Crippen molar-refractivity contribution in [3.05, 3.63) is 30.2 Å². The first-order valence-corrected chi connectivity index (χ1v) is 5.17. The molecule has 0 aliphatic heterocycles. The molecule has 0 radical (unpaired) electrons. The predicted octanol–water partition coefficient (Wildman–Crippen LogP) is 2.20. The Hall–Kier alpha value is -2.35. The number of nitrogens with zero attached hydrogens (tertiary/aromatic N) is 3. The molecule has 2 aromatic rings. The fourth-order valence-electron chi connectivity index (χ4n) is 1.39. The Kier molecular flexibility index (Phi) is 3.36. The van der Waals surface area contributed by atoms with Crippen LogP contribution in [0.3, 0.4) is 0 Å². The second-order valence-electron chi connectivity index (χ2n) is 3.39. The highest BCUT2D eigenvalue weighted by Gasteiger charge is 2.08. The van der Waals surface area contributed by atoms with Gasteiger partial charge in [0.05, 0.1) is 13.2 Å². The summed E-state index contributed by atoms with van der Waals surface area (Å²) in [6, 6.07) is 9.42. The van der Waals surface area contributed by atoms with Crippen molar-refractivity contribution < 1.29 is 9.15 Å². The van der Waals surface area contributed by atoms with Crippen molar-refractivity contribution in [3.63, 3.8) is 0 Å². The number of benzene rings is 1. The second-order valence-corrected chi connectivity index (χ2v) is 3.39. The molecule has 5 heteroatoms. The van der Waals surface area contributed by atoms with Gasteiger partial charge in [0, 0.05) is 18.4 Å². The number of hydrogen-bond acceptors (Lipinski definition) is 5. The third-order valence-electron chi connectivity index (χ3n) is 2.23. The monoisotopic (exact) mass is 229 g/mol. The normalized spacial score (nSPS) is 9.88. The van der Waals surface area contributed by atoms with Crippen molar-refractivity contribution in [2.24, 2.45) is 0 Å². The summed E-state index contributed by atoms with van der Waals surface area (Å²) >= 11 is 0. The van der Waals surface area contributed by atoms with Crippen molar-refractivity contribution in [3.8, 4) is 23.3 Å². The molecule has 0 amide bonds. The lowest BCUT2D eigenvalue weighted by atomic mass is 10.2. The SMILES string of the molecule is COc1cccc(-c2nnc(CCC#N)o2)c1. The molecule has 0 N–H and O–H groups in total. The third kappa shape index (κ3) is 2.61. The van der Waals surface area contributed by atoms with Crippen LogP contribution in [-0.4, -0.2) is 17.3 Å². The van der Waals surface area contributed by atoms with Crippen LogP contribution in [0.4, 0.5) is 0 Å². The summed E-state index contributed by atoms with van der Waals surface area (Å²) in [7, 11) is 1.60. The lowest BCUT2D eigenvalue weighted by molar-refractivity contribution is 0.414. The van der Waals surface area contributed by atoms with Crippen molar-refractivity contribution in [2.45, 2.75) is 12.8 Å². The standard InChI is InChI=1S/C12H11N3O2/c1-16-10-5-2-4-9(8-10)12-15-14-11(17-12)6-3-7-13/h2,4-5,8H,3,6H2,1H3. The van der Waals surface area contributed by atoms with Gasteiger partial charge in [-0.3, -0.25) is 0 Å². The molecule has 0 bridgehead atoms. The maximum absolute atomic E-state index is 8.46. The molecule has 17 heavy (non-hydrogen) atoms. The second kappa shape index (κ2) is 5.12. The van der Waals surface area contributed by atoms with Gasteiger partial charge in [-0.05, 0) is 18.2 Å². The van der Waals surface area contributed by atoms with Gasteiger partial charge in [-0.2, -0.15) is 5.26 Å². The summed E-state index contributed by atoms with van der Waals surface area (Å²) in [5, 5.41) is 16.3. The number of aromatic nitrogens is 2. The summed E-state index contributed by atoms with van der Waals surface area (Å²) in [4.78, 5) is 0. The Morgan fingerprint density at radius 1 is 1.41 bits per heavy atom. The van der Waals surface area contributed by atoms with E-state index in [1.807, 2.05) is 30.3 Å². The van der Waals surface area contributed by atoms with E-state index in [1.165, 1.54) is 0 Å². The van der Waals surface area contributed by atoms with Crippen molar-refractivity contribution in [2.75, 3.05) is 7.11 Å². The van der Waals surface area contributed by atoms with E-state index < -0.39 is 0 Å². The zero-order chi connectivity index (χ0) is 12.1. The maximum atomic E-state index is 8.46. The Balaban J connectivity index is 2.21. The summed E-state index contributed by atoms with van der Waals surface area (Å²) in [6.45, 7) is 0. The maximum Gasteiger partial charge on any atom is 0.247 e. The van der Waals surface area contributed by atoms with Crippen LogP contribution in [0, 0.1) is 11.3 Å². The minimum absolute atomic E-state index is 0.375. The molecule has 0 fully saturated rings. The molecular weight excluding hydrogens is 218 g/mol. The van der Waals surface area contributed by atoms with Gasteiger partial charge in [-0.25, -0.2) is 0 Å². The van der Waals surface area contributed by atoms with Gasteiger partial charge in [-0.1, -0.05) is 6.07 Å². The van der Waals surface area contributed by atoms with Crippen LogP contribution in [0.15, 0.2) is 28.7 Å². The number of hydrogen-bond donors (Lipinski definition) is 0. The fraction of sp³-hybridized carbons (Fsp3) is 0.250. The molecule has 0 spiro atoms. The number of nitriles is 1. The topological polar surface area (TPSA) is 71.9 Å². The van der Waals surface area contributed by atoms with Gasteiger partial charge in [0.15, 0.2) is 0 Å². The van der Waals surface area contributed by atoms with E-state index in [4.69, 9.17) is 14.4 Å². The zero-order valence-corrected chi connectivity index (χ0v) is 9.38. The first kappa shape index (κ1) is 11.1. The van der Waals surface area contributed by atoms with Gasteiger partial charge in [-0.15, -0.1) is 10.2 Å². The number of methoxy groups -OCH3 is 1. The Labute approximate surface area is 98.7 Å². The predicted molar refractivity (Wildman–Crippen MR) is 60.2 cm³/mol. The molecule has 1 aromatic carbocycles. The molecule has 0 atom stereocenters. The lowest BCUT2D eigenvalue weighted by Crippen LogP contribution is -1.83. The molecule has 5 nitrogen and oxygen atoms in total. The molecule has 0 saturated carbocycles. The molecule has 0 aliphatic carbocycles. The Morgan fingerprint density at radius 2 is 2.29 bits per heavy atom. The Morgan fingerprint density at radius 3 is 3.06 bits per heavy atom. The van der Waals surface area contributed by atoms with E-state index in [0.717, 1.165) is 11.3 Å². The average molecular weight is 229 g/mol. The van der Waals surface area contributed by atoms with E-state index in [-0.39, 0.29) is 0 Å². The summed E-state index contributed by atoms with van der Waals surface area (Å²) in [5.41, 5.74) is 0.806. The smallest absolute Gasteiger partial charge is 0.247 e. The van der Waals surface area contributed by atoms with E-state index in [0.29, 0.717) is 24.6 Å². The molecule has 86 valence electrons. The average Bonchev–Trinajstić information content (AvgIpc) is 2.85. The van der Waals surface area contributed by atoms with Crippen LogP contribution >= 0.6 is 0 Å². The van der Waals surface area contributed by atoms with Crippen molar-refractivity contribution in [1.29, 1.82) is 5.26 Å². The quantitative estimate of drug-likeness (QED) is 0.803. The van der Waals surface area contributed by atoms with E-state index in [9.17, 15) is 0 Å². The Bertz CT molecular complexity index is 543. The van der Waals surface area contributed by atoms with Gasteiger partial charge in [0.1, 0.15) is 5.75 Å². The van der Waals surface area contributed by atoms with Crippen LogP contribution in [0.2, 0.25) is 0 Å². The first-order valence-electron chi connectivity index (χ1n) is 5.17. The van der Waals surface area contributed by atoms with Crippen LogP contribution in [0.1, 0.15) is 12.3 Å². The zero-order valence-electron chi connectivity index (χ0n) is 9.38. The molecule has 1 heterocycles. The minimum Gasteiger partial charge on any atom is -0.497 e. The minimum atomic E-state index is 0.375. The number of ether oxygens (including phenoxy) is 1. The number of aryl methyl sites for hydroxylation is 1. The first-order chi connectivity index (χ1) is 8.33. The van der Waals surface area contributed by atoms with E-state index in [2.05, 4.69) is 10.2 Å². The highest BCUT2D eigenvalue weighted by Crippen LogP contribution is 2.22. The molecular formula is C12H11N3O2. The van der Waals surface area contributed by atoms with Gasteiger partial charge in [0.25, 0.3) is 0 Å². The van der Waals surface area contributed by atoms with Gasteiger partial charge in [0.2, 0.25) is 11.8 Å². The van der Waals surface area contributed by atoms with Crippen LogP contribution in [0.25, 0.3) is 11.5 Å². The molecule has 0 saturated heterocycles. The molecule has 1 aromatic heterocycles. The molecule has 0 aliphatic rings. The molecule has 0 unspecified atom stereocenters. The summed E-state index contributed by atoms with van der Waals surface area (Å²) in [5.74, 6) is 1.65. The van der Waals surface area contributed by atoms with E-state index in [1.54, 1.807) is 7.11 Å².